The zero-order valence-electron chi connectivity index (χ0n) is 12.8. The van der Waals surface area contributed by atoms with E-state index in [1.54, 1.807) is 5.56 Å². The van der Waals surface area contributed by atoms with Gasteiger partial charge in [0.2, 0.25) is 0 Å². The molecule has 3 heterocycles. The topological polar surface area (TPSA) is 15.3 Å². The summed E-state index contributed by atoms with van der Waals surface area (Å²) in [7, 11) is 0. The lowest BCUT2D eigenvalue weighted by Gasteiger charge is -2.45. The van der Waals surface area contributed by atoms with Crippen LogP contribution in [0.1, 0.15) is 50.1 Å². The highest BCUT2D eigenvalue weighted by Crippen LogP contribution is 2.42. The van der Waals surface area contributed by atoms with Gasteiger partial charge in [0, 0.05) is 23.0 Å². The monoisotopic (exact) mass is 302 g/mol. The molecule has 1 aromatic rings. The van der Waals surface area contributed by atoms with Gasteiger partial charge >= 0.3 is 0 Å². The highest BCUT2D eigenvalue weighted by atomic mass is 32.2. The molecule has 0 bridgehead atoms. The van der Waals surface area contributed by atoms with Crippen molar-refractivity contribution in [3.8, 4) is 0 Å². The van der Waals surface area contributed by atoms with E-state index in [1.165, 1.54) is 62.3 Å². The van der Waals surface area contributed by atoms with Crippen molar-refractivity contribution in [3.63, 3.8) is 0 Å². The van der Waals surface area contributed by atoms with Crippen LogP contribution in [0.25, 0.3) is 0 Å². The summed E-state index contributed by atoms with van der Waals surface area (Å²) in [6, 6.07) is 11.3. The van der Waals surface area contributed by atoms with Gasteiger partial charge in [0.1, 0.15) is 0 Å². The summed E-state index contributed by atoms with van der Waals surface area (Å²) in [5.74, 6) is 1.28. The predicted octanol–water partition coefficient (Wildman–Crippen LogP) is 3.83. The minimum absolute atomic E-state index is 0.662. The van der Waals surface area contributed by atoms with Crippen LogP contribution in [0.4, 0.5) is 0 Å². The lowest BCUT2D eigenvalue weighted by Crippen LogP contribution is -2.51. The standard InChI is InChI=1S/C18H26N2S/c1-2-9-18-14(6-1)16(10-13-21-18)20-12-4-3-8-17(20)15-7-5-11-19-15/h1-2,6,9,15-17,19H,3-5,7-8,10-13H2. The van der Waals surface area contributed by atoms with Crippen molar-refractivity contribution < 1.29 is 0 Å². The Morgan fingerprint density at radius 3 is 2.90 bits per heavy atom. The summed E-state index contributed by atoms with van der Waals surface area (Å²) in [5, 5.41) is 3.77. The van der Waals surface area contributed by atoms with Crippen LogP contribution in [0.2, 0.25) is 0 Å². The number of thioether (sulfide) groups is 1. The maximum Gasteiger partial charge on any atom is 0.0370 e. The second kappa shape index (κ2) is 6.31. The number of hydrogen-bond donors (Lipinski definition) is 1. The van der Waals surface area contributed by atoms with Crippen LogP contribution in [0.15, 0.2) is 29.2 Å². The molecule has 2 nitrogen and oxygen atoms in total. The maximum atomic E-state index is 3.77. The summed E-state index contributed by atoms with van der Waals surface area (Å²) in [6.45, 7) is 2.53. The molecule has 0 radical (unpaired) electrons. The van der Waals surface area contributed by atoms with Crippen LogP contribution in [0.5, 0.6) is 0 Å². The number of piperidine rings is 1. The van der Waals surface area contributed by atoms with E-state index < -0.39 is 0 Å². The van der Waals surface area contributed by atoms with Crippen molar-refractivity contribution >= 4 is 11.8 Å². The van der Waals surface area contributed by atoms with Crippen molar-refractivity contribution in [1.29, 1.82) is 0 Å². The number of nitrogens with zero attached hydrogens (tertiary/aromatic N) is 1. The Labute approximate surface area is 132 Å². The Morgan fingerprint density at radius 1 is 1.05 bits per heavy atom. The van der Waals surface area contributed by atoms with Gasteiger partial charge < -0.3 is 5.32 Å². The smallest absolute Gasteiger partial charge is 0.0370 e. The number of likely N-dealkylation sites (tertiary alicyclic amines) is 1. The third-order valence-electron chi connectivity index (χ3n) is 5.48. The lowest BCUT2D eigenvalue weighted by atomic mass is 9.90. The Hall–Kier alpha value is -0.510. The largest absolute Gasteiger partial charge is 0.312 e. The van der Waals surface area contributed by atoms with E-state index in [4.69, 9.17) is 0 Å². The average molecular weight is 302 g/mol. The van der Waals surface area contributed by atoms with E-state index in [1.807, 2.05) is 11.8 Å². The molecule has 2 fully saturated rings. The van der Waals surface area contributed by atoms with E-state index in [2.05, 4.69) is 34.5 Å². The molecule has 3 heteroatoms. The summed E-state index contributed by atoms with van der Waals surface area (Å²) in [4.78, 5) is 4.39. The molecule has 3 aliphatic heterocycles. The highest BCUT2D eigenvalue weighted by molar-refractivity contribution is 7.99. The fraction of sp³-hybridized carbons (Fsp3) is 0.667. The number of fused-ring (bicyclic) bond motifs is 1. The zero-order valence-corrected chi connectivity index (χ0v) is 13.6. The van der Waals surface area contributed by atoms with Gasteiger partial charge in [-0.15, -0.1) is 11.8 Å². The van der Waals surface area contributed by atoms with Gasteiger partial charge in [-0.3, -0.25) is 4.90 Å². The van der Waals surface area contributed by atoms with Crippen LogP contribution in [0.3, 0.4) is 0 Å². The van der Waals surface area contributed by atoms with Crippen molar-refractivity contribution in [2.45, 2.75) is 61.5 Å². The molecule has 21 heavy (non-hydrogen) atoms. The molecule has 3 atom stereocenters. The van der Waals surface area contributed by atoms with Crippen LogP contribution in [-0.2, 0) is 0 Å². The summed E-state index contributed by atoms with van der Waals surface area (Å²) >= 11 is 2.05. The first-order valence-corrected chi connectivity index (χ1v) is 9.63. The molecule has 0 spiro atoms. The Kier molecular flexibility index (Phi) is 4.24. The van der Waals surface area contributed by atoms with Gasteiger partial charge in [-0.1, -0.05) is 24.6 Å². The minimum atomic E-state index is 0.662. The summed E-state index contributed by atoms with van der Waals surface area (Å²) in [6.07, 6.45) is 8.27. The van der Waals surface area contributed by atoms with Gasteiger partial charge in [-0.2, -0.15) is 0 Å². The molecule has 2 saturated heterocycles. The van der Waals surface area contributed by atoms with Crippen molar-refractivity contribution in [3.05, 3.63) is 29.8 Å². The van der Waals surface area contributed by atoms with Crippen LogP contribution >= 0.6 is 11.8 Å². The van der Waals surface area contributed by atoms with Crippen molar-refractivity contribution in [1.82, 2.24) is 10.2 Å². The average Bonchev–Trinajstić information content (AvgIpc) is 3.09. The van der Waals surface area contributed by atoms with Crippen LogP contribution in [0, 0.1) is 0 Å². The molecule has 1 N–H and O–H groups in total. The first-order valence-electron chi connectivity index (χ1n) is 8.64. The maximum absolute atomic E-state index is 3.77. The van der Waals surface area contributed by atoms with E-state index in [9.17, 15) is 0 Å². The fourth-order valence-corrected chi connectivity index (χ4v) is 5.61. The Morgan fingerprint density at radius 2 is 2.00 bits per heavy atom. The molecule has 4 rings (SSSR count). The van der Waals surface area contributed by atoms with Gasteiger partial charge in [0.15, 0.2) is 0 Å². The molecular weight excluding hydrogens is 276 g/mol. The third-order valence-corrected chi connectivity index (χ3v) is 6.60. The summed E-state index contributed by atoms with van der Waals surface area (Å²) in [5.41, 5.74) is 1.60. The SMILES string of the molecule is c1ccc2c(c1)SCCC2N1CCCCC1C1CCCN1. The fourth-order valence-electron chi connectivity index (χ4n) is 4.51. The van der Waals surface area contributed by atoms with Crippen LogP contribution < -0.4 is 5.32 Å². The number of rotatable bonds is 2. The molecule has 3 unspecified atom stereocenters. The molecule has 0 saturated carbocycles. The van der Waals surface area contributed by atoms with Crippen molar-refractivity contribution in [2.24, 2.45) is 0 Å². The van der Waals surface area contributed by atoms with E-state index in [0.717, 1.165) is 12.1 Å². The van der Waals surface area contributed by atoms with Crippen molar-refractivity contribution in [2.75, 3.05) is 18.8 Å². The molecule has 0 aromatic heterocycles. The molecular formula is C18H26N2S. The third kappa shape index (κ3) is 2.76. The second-order valence-electron chi connectivity index (χ2n) is 6.69. The molecule has 0 aliphatic carbocycles. The Bertz CT molecular complexity index is 484. The van der Waals surface area contributed by atoms with Gasteiger partial charge in [0.05, 0.1) is 0 Å². The summed E-state index contributed by atoms with van der Waals surface area (Å²) < 4.78 is 0. The highest BCUT2D eigenvalue weighted by Gasteiger charge is 2.37. The molecule has 114 valence electrons. The molecule has 3 aliphatic rings. The number of benzene rings is 1. The van der Waals surface area contributed by atoms with Gasteiger partial charge in [-0.25, -0.2) is 0 Å². The number of nitrogens with one attached hydrogen (secondary N) is 1. The molecule has 0 amide bonds. The predicted molar refractivity (Wildman–Crippen MR) is 89.9 cm³/mol. The van der Waals surface area contributed by atoms with E-state index in [0.29, 0.717) is 6.04 Å². The van der Waals surface area contributed by atoms with Crippen LogP contribution in [-0.4, -0.2) is 35.8 Å². The zero-order chi connectivity index (χ0) is 14.1. The quantitative estimate of drug-likeness (QED) is 0.894. The first-order chi connectivity index (χ1) is 10.4. The minimum Gasteiger partial charge on any atom is -0.312 e. The first kappa shape index (κ1) is 14.1. The Balaban J connectivity index is 1.61. The van der Waals surface area contributed by atoms with E-state index in [-0.39, 0.29) is 0 Å². The lowest BCUT2D eigenvalue weighted by molar-refractivity contribution is 0.0688. The van der Waals surface area contributed by atoms with Gasteiger partial charge in [-0.05, 0) is 62.6 Å². The second-order valence-corrected chi connectivity index (χ2v) is 7.83. The number of hydrogen-bond acceptors (Lipinski definition) is 3. The molecule has 1 aromatic carbocycles. The van der Waals surface area contributed by atoms with E-state index >= 15 is 0 Å². The normalized spacial score (nSPS) is 33.8. The van der Waals surface area contributed by atoms with Gasteiger partial charge in [0.25, 0.3) is 0 Å².